The molecule has 2 rings (SSSR count). The highest BCUT2D eigenvalue weighted by molar-refractivity contribution is 9.10. The van der Waals surface area contributed by atoms with E-state index < -0.39 is 0 Å². The molecule has 3 nitrogen and oxygen atoms in total. The number of hydrogen-bond acceptors (Lipinski definition) is 2. The first-order valence-electron chi connectivity index (χ1n) is 6.99. The van der Waals surface area contributed by atoms with Gasteiger partial charge in [0.2, 0.25) is 5.91 Å². The molecule has 1 fully saturated rings. The van der Waals surface area contributed by atoms with Crippen LogP contribution in [0.4, 0.5) is 5.69 Å². The summed E-state index contributed by atoms with van der Waals surface area (Å²) in [6, 6.07) is 8.28. The number of nitrogens with one attached hydrogen (secondary N) is 1. The molecule has 1 aliphatic rings. The maximum Gasteiger partial charge on any atom is 0.238 e. The first-order chi connectivity index (χ1) is 9.20. The Bertz CT molecular complexity index is 436. The minimum absolute atomic E-state index is 0.0762. The number of halogens is 1. The molecule has 1 saturated heterocycles. The van der Waals surface area contributed by atoms with Crippen LogP contribution in [-0.2, 0) is 4.79 Å². The molecule has 104 valence electrons. The van der Waals surface area contributed by atoms with Crippen molar-refractivity contribution in [3.05, 3.63) is 28.7 Å². The van der Waals surface area contributed by atoms with E-state index in [4.69, 9.17) is 0 Å². The normalized spacial score (nSPS) is 20.2. The van der Waals surface area contributed by atoms with E-state index in [1.807, 2.05) is 24.3 Å². The number of hydrogen-bond donors (Lipinski definition) is 1. The van der Waals surface area contributed by atoms with Gasteiger partial charge in [0, 0.05) is 10.5 Å². The van der Waals surface area contributed by atoms with Crippen LogP contribution in [0.3, 0.4) is 0 Å². The van der Waals surface area contributed by atoms with Crippen molar-refractivity contribution >= 4 is 27.5 Å². The minimum atomic E-state index is 0.0762. The van der Waals surface area contributed by atoms with Gasteiger partial charge in [-0.05, 0) is 53.9 Å². The van der Waals surface area contributed by atoms with Crippen LogP contribution < -0.4 is 5.32 Å². The van der Waals surface area contributed by atoms with Crippen molar-refractivity contribution in [1.29, 1.82) is 0 Å². The molecule has 1 heterocycles. The van der Waals surface area contributed by atoms with Crippen LogP contribution in [0, 0.1) is 0 Å². The number of piperidine rings is 1. The number of amides is 1. The standard InChI is InChI=1S/C15H21BrN2O/c1-2-12-7-5-6-10-18(12)11-15(19)17-14-9-4-3-8-13(14)16/h3-4,8-9,12H,2,5-7,10-11H2,1H3,(H,17,19)/t12-/m1/s1. The number of likely N-dealkylation sites (tertiary alicyclic amines) is 1. The highest BCUT2D eigenvalue weighted by Gasteiger charge is 2.22. The van der Waals surface area contributed by atoms with Gasteiger partial charge in [-0.1, -0.05) is 25.5 Å². The van der Waals surface area contributed by atoms with E-state index in [2.05, 4.69) is 33.1 Å². The molecule has 4 heteroatoms. The molecule has 1 atom stereocenters. The lowest BCUT2D eigenvalue weighted by molar-refractivity contribution is -0.118. The lowest BCUT2D eigenvalue weighted by Crippen LogP contribution is -2.43. The number of anilines is 1. The smallest absolute Gasteiger partial charge is 0.238 e. The molecule has 0 unspecified atom stereocenters. The second-order valence-electron chi connectivity index (χ2n) is 5.06. The van der Waals surface area contributed by atoms with E-state index in [0.29, 0.717) is 12.6 Å². The summed E-state index contributed by atoms with van der Waals surface area (Å²) in [6.45, 7) is 3.75. The summed E-state index contributed by atoms with van der Waals surface area (Å²) in [5.41, 5.74) is 0.845. The van der Waals surface area contributed by atoms with Crippen molar-refractivity contribution < 1.29 is 4.79 Å². The van der Waals surface area contributed by atoms with E-state index in [0.717, 1.165) is 23.1 Å². The molecule has 0 saturated carbocycles. The van der Waals surface area contributed by atoms with E-state index in [1.165, 1.54) is 19.3 Å². The third-order valence-electron chi connectivity index (χ3n) is 3.71. The van der Waals surface area contributed by atoms with Crippen molar-refractivity contribution in [2.24, 2.45) is 0 Å². The number of benzene rings is 1. The maximum atomic E-state index is 12.1. The van der Waals surface area contributed by atoms with Crippen molar-refractivity contribution in [1.82, 2.24) is 4.90 Å². The zero-order valence-electron chi connectivity index (χ0n) is 11.4. The number of carbonyl (C=O) groups excluding carboxylic acids is 1. The molecule has 1 aromatic carbocycles. The van der Waals surface area contributed by atoms with Crippen LogP contribution in [0.25, 0.3) is 0 Å². The molecule has 1 N–H and O–H groups in total. The van der Waals surface area contributed by atoms with E-state index in [9.17, 15) is 4.79 Å². The van der Waals surface area contributed by atoms with Gasteiger partial charge in [0.1, 0.15) is 0 Å². The van der Waals surface area contributed by atoms with Gasteiger partial charge in [0.05, 0.1) is 12.2 Å². The Morgan fingerprint density at radius 3 is 2.95 bits per heavy atom. The number of carbonyl (C=O) groups is 1. The third kappa shape index (κ3) is 4.05. The van der Waals surface area contributed by atoms with Crippen LogP contribution in [0.15, 0.2) is 28.7 Å². The summed E-state index contributed by atoms with van der Waals surface area (Å²) < 4.78 is 0.925. The fourth-order valence-electron chi connectivity index (χ4n) is 2.67. The number of rotatable bonds is 4. The Balaban J connectivity index is 1.92. The average Bonchev–Trinajstić information content (AvgIpc) is 2.42. The van der Waals surface area contributed by atoms with Gasteiger partial charge >= 0.3 is 0 Å². The van der Waals surface area contributed by atoms with Gasteiger partial charge < -0.3 is 5.32 Å². The van der Waals surface area contributed by atoms with E-state index in [1.54, 1.807) is 0 Å². The van der Waals surface area contributed by atoms with E-state index >= 15 is 0 Å². The van der Waals surface area contributed by atoms with Gasteiger partial charge in [-0.2, -0.15) is 0 Å². The topological polar surface area (TPSA) is 32.3 Å². The van der Waals surface area contributed by atoms with Crippen LogP contribution in [0.1, 0.15) is 32.6 Å². The van der Waals surface area contributed by atoms with E-state index in [-0.39, 0.29) is 5.91 Å². The predicted molar refractivity (Wildman–Crippen MR) is 82.3 cm³/mol. The van der Waals surface area contributed by atoms with Crippen LogP contribution in [0.5, 0.6) is 0 Å². The molecular formula is C15H21BrN2O. The Hall–Kier alpha value is -0.870. The van der Waals surface area contributed by atoms with Crippen LogP contribution >= 0.6 is 15.9 Å². The summed E-state index contributed by atoms with van der Waals surface area (Å²) in [5, 5.41) is 2.97. The monoisotopic (exact) mass is 324 g/mol. The zero-order valence-corrected chi connectivity index (χ0v) is 12.9. The molecule has 1 amide bonds. The fraction of sp³-hybridized carbons (Fsp3) is 0.533. The average molecular weight is 325 g/mol. The molecular weight excluding hydrogens is 304 g/mol. The van der Waals surface area contributed by atoms with Crippen molar-refractivity contribution in [3.8, 4) is 0 Å². The van der Waals surface area contributed by atoms with Crippen LogP contribution in [0.2, 0.25) is 0 Å². The third-order valence-corrected chi connectivity index (χ3v) is 4.41. The Labute approximate surface area is 123 Å². The zero-order chi connectivity index (χ0) is 13.7. The SMILES string of the molecule is CC[C@@H]1CCCCN1CC(=O)Nc1ccccc1Br. The Morgan fingerprint density at radius 1 is 1.42 bits per heavy atom. The van der Waals surface area contributed by atoms with Gasteiger partial charge in [-0.25, -0.2) is 0 Å². The fourth-order valence-corrected chi connectivity index (χ4v) is 3.05. The Morgan fingerprint density at radius 2 is 2.21 bits per heavy atom. The summed E-state index contributed by atoms with van der Waals surface area (Å²) >= 11 is 3.45. The molecule has 0 aromatic heterocycles. The number of para-hydroxylation sites is 1. The van der Waals surface area contributed by atoms with Crippen molar-refractivity contribution in [2.45, 2.75) is 38.6 Å². The van der Waals surface area contributed by atoms with Crippen molar-refractivity contribution in [2.75, 3.05) is 18.4 Å². The molecule has 19 heavy (non-hydrogen) atoms. The quantitative estimate of drug-likeness (QED) is 0.916. The summed E-state index contributed by atoms with van der Waals surface area (Å²) in [7, 11) is 0. The molecule has 0 radical (unpaired) electrons. The van der Waals surface area contributed by atoms with Gasteiger partial charge in [-0.3, -0.25) is 9.69 Å². The lowest BCUT2D eigenvalue weighted by atomic mass is 10.00. The second-order valence-corrected chi connectivity index (χ2v) is 5.91. The summed E-state index contributed by atoms with van der Waals surface area (Å²) in [6.07, 6.45) is 4.85. The molecule has 0 aliphatic carbocycles. The number of nitrogens with zero attached hydrogens (tertiary/aromatic N) is 1. The molecule has 1 aromatic rings. The maximum absolute atomic E-state index is 12.1. The van der Waals surface area contributed by atoms with Gasteiger partial charge in [0.15, 0.2) is 0 Å². The van der Waals surface area contributed by atoms with Gasteiger partial charge in [-0.15, -0.1) is 0 Å². The highest BCUT2D eigenvalue weighted by Crippen LogP contribution is 2.22. The largest absolute Gasteiger partial charge is 0.324 e. The minimum Gasteiger partial charge on any atom is -0.324 e. The molecule has 0 bridgehead atoms. The Kier molecular flexibility index (Phi) is 5.40. The first kappa shape index (κ1) is 14.5. The summed E-state index contributed by atoms with van der Waals surface area (Å²) in [5.74, 6) is 0.0762. The summed E-state index contributed by atoms with van der Waals surface area (Å²) in [4.78, 5) is 14.4. The first-order valence-corrected chi connectivity index (χ1v) is 7.78. The predicted octanol–water partition coefficient (Wildman–Crippen LogP) is 3.65. The van der Waals surface area contributed by atoms with Gasteiger partial charge in [0.25, 0.3) is 0 Å². The second kappa shape index (κ2) is 7.06. The molecule has 1 aliphatic heterocycles. The van der Waals surface area contributed by atoms with Crippen LogP contribution in [-0.4, -0.2) is 29.9 Å². The highest BCUT2D eigenvalue weighted by atomic mass is 79.9. The lowest BCUT2D eigenvalue weighted by Gasteiger charge is -2.34. The van der Waals surface area contributed by atoms with Crippen molar-refractivity contribution in [3.63, 3.8) is 0 Å². The molecule has 0 spiro atoms.